The molecule has 0 saturated carbocycles. The van der Waals surface area contributed by atoms with Crippen molar-refractivity contribution >= 4 is 33.4 Å². The Labute approximate surface area is 173 Å². The molecule has 8 nitrogen and oxygen atoms in total. The van der Waals surface area contributed by atoms with E-state index in [0.29, 0.717) is 18.2 Å². The zero-order valence-corrected chi connectivity index (χ0v) is 17.0. The van der Waals surface area contributed by atoms with Crippen LogP contribution in [-0.2, 0) is 26.0 Å². The molecule has 0 bridgehead atoms. The van der Waals surface area contributed by atoms with Gasteiger partial charge in [0.05, 0.1) is 24.5 Å². The van der Waals surface area contributed by atoms with Gasteiger partial charge >= 0.3 is 0 Å². The third-order valence-electron chi connectivity index (χ3n) is 4.30. The number of benzene rings is 2. The first-order valence-corrected chi connectivity index (χ1v) is 10.7. The van der Waals surface area contributed by atoms with Crippen LogP contribution in [0.25, 0.3) is 0 Å². The van der Waals surface area contributed by atoms with Crippen molar-refractivity contribution in [2.45, 2.75) is 11.3 Å². The van der Waals surface area contributed by atoms with Crippen molar-refractivity contribution in [2.75, 3.05) is 26.3 Å². The minimum atomic E-state index is -3.72. The SMILES string of the molecule is O=C(Cc1ccc(Cl)cc1)NNC(=O)c1cccc(S(=O)(=O)N2CCOCC2)c1. The van der Waals surface area contributed by atoms with Crippen molar-refractivity contribution in [3.05, 3.63) is 64.7 Å². The Morgan fingerprint density at radius 2 is 1.72 bits per heavy atom. The Hall–Kier alpha value is -2.46. The highest BCUT2D eigenvalue weighted by Gasteiger charge is 2.26. The van der Waals surface area contributed by atoms with E-state index in [-0.39, 0.29) is 30.0 Å². The number of sulfonamides is 1. The number of hydrogen-bond acceptors (Lipinski definition) is 5. The molecule has 0 aliphatic carbocycles. The molecule has 2 N–H and O–H groups in total. The van der Waals surface area contributed by atoms with Gasteiger partial charge < -0.3 is 4.74 Å². The second-order valence-electron chi connectivity index (χ2n) is 6.35. The smallest absolute Gasteiger partial charge is 0.269 e. The number of morpholine rings is 1. The molecule has 1 heterocycles. The van der Waals surface area contributed by atoms with Crippen molar-refractivity contribution in [1.29, 1.82) is 0 Å². The minimum Gasteiger partial charge on any atom is -0.379 e. The number of hydrogen-bond donors (Lipinski definition) is 2. The second-order valence-corrected chi connectivity index (χ2v) is 8.72. The fourth-order valence-corrected chi connectivity index (χ4v) is 4.34. The van der Waals surface area contributed by atoms with Crippen LogP contribution in [0.5, 0.6) is 0 Å². The monoisotopic (exact) mass is 437 g/mol. The predicted octanol–water partition coefficient (Wildman–Crippen LogP) is 1.36. The van der Waals surface area contributed by atoms with Gasteiger partial charge in [-0.15, -0.1) is 0 Å². The number of hydrazine groups is 1. The number of ether oxygens (including phenoxy) is 1. The minimum absolute atomic E-state index is 0.0135. The van der Waals surface area contributed by atoms with Crippen LogP contribution < -0.4 is 10.9 Å². The summed E-state index contributed by atoms with van der Waals surface area (Å²) < 4.78 is 31.9. The van der Waals surface area contributed by atoms with Crippen LogP contribution in [0.4, 0.5) is 0 Å². The summed E-state index contributed by atoms with van der Waals surface area (Å²) in [5.41, 5.74) is 5.47. The van der Waals surface area contributed by atoms with Gasteiger partial charge in [-0.2, -0.15) is 4.31 Å². The predicted molar refractivity (Wildman–Crippen MR) is 107 cm³/mol. The van der Waals surface area contributed by atoms with E-state index >= 15 is 0 Å². The molecule has 1 saturated heterocycles. The van der Waals surface area contributed by atoms with Crippen LogP contribution >= 0.6 is 11.6 Å². The van der Waals surface area contributed by atoms with Gasteiger partial charge in [-0.3, -0.25) is 20.4 Å². The molecule has 0 atom stereocenters. The first-order chi connectivity index (χ1) is 13.9. The van der Waals surface area contributed by atoms with Crippen LogP contribution in [0.1, 0.15) is 15.9 Å². The van der Waals surface area contributed by atoms with Crippen LogP contribution in [0.3, 0.4) is 0 Å². The molecule has 1 fully saturated rings. The average Bonchev–Trinajstić information content (AvgIpc) is 2.74. The summed E-state index contributed by atoms with van der Waals surface area (Å²) in [6.45, 7) is 1.19. The van der Waals surface area contributed by atoms with Gasteiger partial charge in [-0.25, -0.2) is 8.42 Å². The molecule has 2 aromatic carbocycles. The quantitative estimate of drug-likeness (QED) is 0.687. The van der Waals surface area contributed by atoms with Gasteiger partial charge in [-0.1, -0.05) is 29.8 Å². The molecule has 2 aromatic rings. The molecule has 29 heavy (non-hydrogen) atoms. The Kier molecular flexibility index (Phi) is 6.86. The van der Waals surface area contributed by atoms with Crippen LogP contribution in [-0.4, -0.2) is 50.8 Å². The largest absolute Gasteiger partial charge is 0.379 e. The van der Waals surface area contributed by atoms with E-state index < -0.39 is 21.8 Å². The molecule has 154 valence electrons. The van der Waals surface area contributed by atoms with Crippen LogP contribution in [0.2, 0.25) is 5.02 Å². The lowest BCUT2D eigenvalue weighted by Crippen LogP contribution is -2.42. The molecule has 0 spiro atoms. The number of nitrogens with zero attached hydrogens (tertiary/aromatic N) is 1. The maximum atomic E-state index is 12.7. The van der Waals surface area contributed by atoms with E-state index in [2.05, 4.69) is 10.9 Å². The molecule has 1 aliphatic rings. The van der Waals surface area contributed by atoms with Gasteiger partial charge in [0.2, 0.25) is 15.9 Å². The van der Waals surface area contributed by atoms with E-state index in [1.807, 2.05) is 0 Å². The van der Waals surface area contributed by atoms with Crippen LogP contribution in [0.15, 0.2) is 53.4 Å². The van der Waals surface area contributed by atoms with E-state index in [1.165, 1.54) is 28.6 Å². The Bertz CT molecular complexity index is 989. The molecule has 0 unspecified atom stereocenters. The van der Waals surface area contributed by atoms with Gasteiger partial charge in [0.1, 0.15) is 0 Å². The first-order valence-electron chi connectivity index (χ1n) is 8.88. The maximum absolute atomic E-state index is 12.7. The molecule has 0 radical (unpaired) electrons. The Morgan fingerprint density at radius 3 is 2.41 bits per heavy atom. The molecule has 0 aromatic heterocycles. The van der Waals surface area contributed by atoms with Gasteiger partial charge in [0, 0.05) is 23.7 Å². The normalized spacial score (nSPS) is 14.9. The Balaban J connectivity index is 1.61. The summed E-state index contributed by atoms with van der Waals surface area (Å²) in [6.07, 6.45) is 0.0584. The van der Waals surface area contributed by atoms with Crippen molar-refractivity contribution in [3.63, 3.8) is 0 Å². The van der Waals surface area contributed by atoms with E-state index in [9.17, 15) is 18.0 Å². The van der Waals surface area contributed by atoms with Crippen LogP contribution in [0, 0.1) is 0 Å². The van der Waals surface area contributed by atoms with Crippen molar-refractivity contribution in [1.82, 2.24) is 15.2 Å². The summed E-state index contributed by atoms with van der Waals surface area (Å²) in [5, 5.41) is 0.564. The first kappa shape index (κ1) is 21.3. The summed E-state index contributed by atoms with van der Waals surface area (Å²) in [6, 6.07) is 12.4. The number of halogens is 1. The number of carbonyl (C=O) groups excluding carboxylic acids is 2. The fraction of sp³-hybridized carbons (Fsp3) is 0.263. The topological polar surface area (TPSA) is 105 Å². The van der Waals surface area contributed by atoms with Gasteiger partial charge in [0.15, 0.2) is 0 Å². The summed E-state index contributed by atoms with van der Waals surface area (Å²) in [4.78, 5) is 24.3. The van der Waals surface area contributed by atoms with E-state index in [0.717, 1.165) is 5.56 Å². The lowest BCUT2D eigenvalue weighted by molar-refractivity contribution is -0.121. The van der Waals surface area contributed by atoms with E-state index in [4.69, 9.17) is 16.3 Å². The molecule has 3 rings (SSSR count). The lowest BCUT2D eigenvalue weighted by atomic mass is 10.1. The van der Waals surface area contributed by atoms with Crippen molar-refractivity contribution < 1.29 is 22.7 Å². The van der Waals surface area contributed by atoms with Crippen molar-refractivity contribution in [3.8, 4) is 0 Å². The standard InChI is InChI=1S/C19H20ClN3O5S/c20-16-6-4-14(5-7-16)12-18(24)21-22-19(25)15-2-1-3-17(13-15)29(26,27)23-8-10-28-11-9-23/h1-7,13H,8-12H2,(H,21,24)(H,22,25). The summed E-state index contributed by atoms with van der Waals surface area (Å²) >= 11 is 5.80. The summed E-state index contributed by atoms with van der Waals surface area (Å²) in [7, 11) is -3.72. The third-order valence-corrected chi connectivity index (χ3v) is 6.44. The lowest BCUT2D eigenvalue weighted by Gasteiger charge is -2.26. The molecular formula is C19H20ClN3O5S. The zero-order chi connectivity index (χ0) is 20.9. The van der Waals surface area contributed by atoms with Gasteiger partial charge in [0.25, 0.3) is 5.91 Å². The van der Waals surface area contributed by atoms with E-state index in [1.54, 1.807) is 24.3 Å². The summed E-state index contributed by atoms with van der Waals surface area (Å²) in [5.74, 6) is -1.04. The number of carbonyl (C=O) groups is 2. The number of nitrogens with one attached hydrogen (secondary N) is 2. The number of amides is 2. The highest BCUT2D eigenvalue weighted by atomic mass is 35.5. The maximum Gasteiger partial charge on any atom is 0.269 e. The molecular weight excluding hydrogens is 418 g/mol. The highest BCUT2D eigenvalue weighted by Crippen LogP contribution is 2.18. The molecule has 1 aliphatic heterocycles. The average molecular weight is 438 g/mol. The Morgan fingerprint density at radius 1 is 1.03 bits per heavy atom. The molecule has 2 amide bonds. The van der Waals surface area contributed by atoms with Crippen molar-refractivity contribution in [2.24, 2.45) is 0 Å². The third kappa shape index (κ3) is 5.54. The highest BCUT2D eigenvalue weighted by molar-refractivity contribution is 7.89. The van der Waals surface area contributed by atoms with Gasteiger partial charge in [-0.05, 0) is 35.9 Å². The number of rotatable bonds is 5. The molecule has 10 heteroatoms. The zero-order valence-electron chi connectivity index (χ0n) is 15.4. The fourth-order valence-electron chi connectivity index (χ4n) is 2.76. The second kappa shape index (κ2) is 9.36.